The Bertz CT molecular complexity index is 916. The van der Waals surface area contributed by atoms with Gasteiger partial charge in [-0.2, -0.15) is 0 Å². The molecule has 27 heavy (non-hydrogen) atoms. The van der Waals surface area contributed by atoms with Gasteiger partial charge in [0.2, 0.25) is 0 Å². The second-order valence-corrected chi connectivity index (χ2v) is 6.49. The van der Waals surface area contributed by atoms with E-state index < -0.39 is 6.04 Å². The molecule has 140 valence electrons. The molecule has 0 fully saturated rings. The molecule has 3 aromatic rings. The number of nitrogens with zero attached hydrogens (tertiary/aromatic N) is 3. The number of amides is 1. The average molecular weight is 364 g/mol. The van der Waals surface area contributed by atoms with E-state index in [1.54, 1.807) is 13.3 Å². The lowest BCUT2D eigenvalue weighted by Gasteiger charge is -2.21. The number of aryl methyl sites for hydroxylation is 1. The zero-order chi connectivity index (χ0) is 19.4. The first-order valence-corrected chi connectivity index (χ1v) is 8.69. The molecule has 1 aromatic heterocycles. The van der Waals surface area contributed by atoms with Crippen LogP contribution in [0, 0.1) is 0 Å². The van der Waals surface area contributed by atoms with Crippen LogP contribution in [-0.2, 0) is 7.05 Å². The molecule has 0 saturated heterocycles. The Morgan fingerprint density at radius 1 is 1.15 bits per heavy atom. The van der Waals surface area contributed by atoms with E-state index >= 15 is 0 Å². The van der Waals surface area contributed by atoms with Crippen LogP contribution in [0.5, 0.6) is 5.75 Å². The number of carbonyl (C=O) groups is 1. The summed E-state index contributed by atoms with van der Waals surface area (Å²) in [6.45, 7) is 0. The molecule has 0 aliphatic heterocycles. The topological polar surface area (TPSA) is 59.4 Å². The highest BCUT2D eigenvalue weighted by atomic mass is 16.5. The van der Waals surface area contributed by atoms with Crippen LogP contribution in [0.15, 0.2) is 60.9 Å². The minimum atomic E-state index is -0.429. The number of para-hydroxylation sites is 1. The molecular weight excluding hydrogens is 340 g/mol. The lowest BCUT2D eigenvalue weighted by Crippen LogP contribution is -2.31. The number of imidazole rings is 1. The van der Waals surface area contributed by atoms with Crippen molar-refractivity contribution < 1.29 is 9.53 Å². The summed E-state index contributed by atoms with van der Waals surface area (Å²) in [5.74, 6) is 1.27. The molecule has 0 radical (unpaired) electrons. The molecule has 0 bridgehead atoms. The van der Waals surface area contributed by atoms with Crippen molar-refractivity contribution in [2.24, 2.45) is 7.05 Å². The van der Waals surface area contributed by atoms with E-state index in [1.165, 1.54) is 0 Å². The largest absolute Gasteiger partial charge is 0.496 e. The number of carbonyl (C=O) groups excluding carboxylic acids is 1. The number of aromatic nitrogens is 2. The van der Waals surface area contributed by atoms with Gasteiger partial charge in [-0.05, 0) is 30.3 Å². The Balaban J connectivity index is 1.94. The molecule has 1 unspecified atom stereocenters. The third-order valence-corrected chi connectivity index (χ3v) is 4.49. The van der Waals surface area contributed by atoms with Crippen LogP contribution in [0.3, 0.4) is 0 Å². The lowest BCUT2D eigenvalue weighted by molar-refractivity contribution is 0.0941. The maximum atomic E-state index is 12.9. The molecule has 3 rings (SSSR count). The minimum Gasteiger partial charge on any atom is -0.496 e. The van der Waals surface area contributed by atoms with Crippen LogP contribution in [0.2, 0.25) is 0 Å². The molecule has 6 nitrogen and oxygen atoms in total. The van der Waals surface area contributed by atoms with Crippen molar-refractivity contribution in [3.05, 3.63) is 77.9 Å². The standard InChI is InChI=1S/C21H24N4O2/c1-24(2)16-11-9-15(10-12-16)21(26)23-19(20-22-13-14-25(20)3)17-7-5-6-8-18(17)27-4/h5-14,19H,1-4H3,(H,23,26). The molecule has 2 aromatic carbocycles. The number of hydrogen-bond donors (Lipinski definition) is 1. The number of anilines is 1. The molecule has 0 aliphatic carbocycles. The summed E-state index contributed by atoms with van der Waals surface area (Å²) in [6.07, 6.45) is 3.57. The molecule has 0 saturated carbocycles. The van der Waals surface area contributed by atoms with Crippen molar-refractivity contribution in [1.82, 2.24) is 14.9 Å². The maximum Gasteiger partial charge on any atom is 0.252 e. The fraction of sp³-hybridized carbons (Fsp3) is 0.238. The first kappa shape index (κ1) is 18.5. The smallest absolute Gasteiger partial charge is 0.252 e. The Hall–Kier alpha value is -3.28. The second-order valence-electron chi connectivity index (χ2n) is 6.49. The number of rotatable bonds is 6. The summed E-state index contributed by atoms with van der Waals surface area (Å²) in [5.41, 5.74) is 2.49. The van der Waals surface area contributed by atoms with Crippen molar-refractivity contribution in [1.29, 1.82) is 0 Å². The number of nitrogens with one attached hydrogen (secondary N) is 1. The van der Waals surface area contributed by atoms with Gasteiger partial charge in [0.15, 0.2) is 0 Å². The monoisotopic (exact) mass is 364 g/mol. The molecule has 0 spiro atoms. The molecular formula is C21H24N4O2. The molecule has 0 aliphatic rings. The molecule has 6 heteroatoms. The fourth-order valence-electron chi connectivity index (χ4n) is 2.97. The summed E-state index contributed by atoms with van der Waals surface area (Å²) < 4.78 is 7.40. The minimum absolute atomic E-state index is 0.167. The highest BCUT2D eigenvalue weighted by Gasteiger charge is 2.24. The summed E-state index contributed by atoms with van der Waals surface area (Å²) in [4.78, 5) is 19.3. The Kier molecular flexibility index (Phi) is 5.45. The van der Waals surface area contributed by atoms with Crippen molar-refractivity contribution in [3.63, 3.8) is 0 Å². The zero-order valence-corrected chi connectivity index (χ0v) is 16.0. The Morgan fingerprint density at radius 3 is 2.44 bits per heavy atom. The third-order valence-electron chi connectivity index (χ3n) is 4.49. The summed E-state index contributed by atoms with van der Waals surface area (Å²) >= 11 is 0. The van der Waals surface area contributed by atoms with E-state index in [4.69, 9.17) is 4.74 Å². The van der Waals surface area contributed by atoms with Crippen LogP contribution in [0.4, 0.5) is 5.69 Å². The van der Waals surface area contributed by atoms with E-state index in [9.17, 15) is 4.79 Å². The van der Waals surface area contributed by atoms with Gasteiger partial charge in [0, 0.05) is 50.4 Å². The van der Waals surface area contributed by atoms with Crippen molar-refractivity contribution >= 4 is 11.6 Å². The van der Waals surface area contributed by atoms with Crippen LogP contribution in [-0.4, -0.2) is 36.7 Å². The van der Waals surface area contributed by atoms with Gasteiger partial charge in [-0.25, -0.2) is 4.98 Å². The van der Waals surface area contributed by atoms with E-state index in [1.807, 2.05) is 85.3 Å². The van der Waals surface area contributed by atoms with E-state index in [2.05, 4.69) is 10.3 Å². The fourth-order valence-corrected chi connectivity index (χ4v) is 2.97. The Morgan fingerprint density at radius 2 is 1.85 bits per heavy atom. The predicted molar refractivity (Wildman–Crippen MR) is 106 cm³/mol. The van der Waals surface area contributed by atoms with Crippen molar-refractivity contribution in [2.45, 2.75) is 6.04 Å². The zero-order valence-electron chi connectivity index (χ0n) is 16.0. The quantitative estimate of drug-likeness (QED) is 0.730. The number of methoxy groups -OCH3 is 1. The van der Waals surface area contributed by atoms with E-state index in [0.717, 1.165) is 17.1 Å². The lowest BCUT2D eigenvalue weighted by atomic mass is 10.0. The number of ether oxygens (including phenoxy) is 1. The first-order valence-electron chi connectivity index (χ1n) is 8.69. The summed E-state index contributed by atoms with van der Waals surface area (Å²) in [5, 5.41) is 3.10. The average Bonchev–Trinajstić information content (AvgIpc) is 3.11. The van der Waals surface area contributed by atoms with Gasteiger partial charge in [-0.15, -0.1) is 0 Å². The summed E-state index contributed by atoms with van der Waals surface area (Å²) in [7, 11) is 7.46. The Labute approximate surface area is 159 Å². The van der Waals surface area contributed by atoms with E-state index in [0.29, 0.717) is 11.3 Å². The highest BCUT2D eigenvalue weighted by molar-refractivity contribution is 5.95. The molecule has 1 N–H and O–H groups in total. The third kappa shape index (κ3) is 3.95. The van der Waals surface area contributed by atoms with Gasteiger partial charge in [-0.1, -0.05) is 18.2 Å². The molecule has 1 amide bonds. The second kappa shape index (κ2) is 7.95. The molecule has 1 atom stereocenters. The van der Waals surface area contributed by atoms with Crippen LogP contribution < -0.4 is 15.0 Å². The van der Waals surface area contributed by atoms with Gasteiger partial charge >= 0.3 is 0 Å². The van der Waals surface area contributed by atoms with Crippen molar-refractivity contribution in [3.8, 4) is 5.75 Å². The van der Waals surface area contributed by atoms with Gasteiger partial charge in [-0.3, -0.25) is 4.79 Å². The normalized spacial score (nSPS) is 11.7. The van der Waals surface area contributed by atoms with Gasteiger partial charge in [0.25, 0.3) is 5.91 Å². The predicted octanol–water partition coefficient (Wildman–Crippen LogP) is 3.01. The van der Waals surface area contributed by atoms with Gasteiger partial charge < -0.3 is 19.5 Å². The number of benzene rings is 2. The summed E-state index contributed by atoms with van der Waals surface area (Å²) in [6, 6.07) is 14.7. The maximum absolute atomic E-state index is 12.9. The molecule has 1 heterocycles. The highest BCUT2D eigenvalue weighted by Crippen LogP contribution is 2.29. The van der Waals surface area contributed by atoms with Crippen LogP contribution in [0.1, 0.15) is 27.8 Å². The van der Waals surface area contributed by atoms with Crippen LogP contribution in [0.25, 0.3) is 0 Å². The van der Waals surface area contributed by atoms with E-state index in [-0.39, 0.29) is 5.91 Å². The van der Waals surface area contributed by atoms with Gasteiger partial charge in [0.05, 0.1) is 7.11 Å². The van der Waals surface area contributed by atoms with Crippen molar-refractivity contribution in [2.75, 3.05) is 26.1 Å². The SMILES string of the molecule is COc1ccccc1C(NC(=O)c1ccc(N(C)C)cc1)c1nccn1C. The first-order chi connectivity index (χ1) is 13.0. The van der Waals surface area contributed by atoms with Gasteiger partial charge in [0.1, 0.15) is 17.6 Å². The number of hydrogen-bond acceptors (Lipinski definition) is 4. The van der Waals surface area contributed by atoms with Crippen LogP contribution >= 0.6 is 0 Å².